The van der Waals surface area contributed by atoms with E-state index in [4.69, 9.17) is 11.6 Å². The summed E-state index contributed by atoms with van der Waals surface area (Å²) in [6, 6.07) is 0.349. The van der Waals surface area contributed by atoms with Gasteiger partial charge in [-0.25, -0.2) is 4.79 Å². The first-order valence-electron chi connectivity index (χ1n) is 7.56. The fourth-order valence-corrected chi connectivity index (χ4v) is 3.03. The highest BCUT2D eigenvalue weighted by Gasteiger charge is 2.27. The fourth-order valence-electron chi connectivity index (χ4n) is 2.89. The molecule has 5 nitrogen and oxygen atoms in total. The number of alkyl halides is 1. The van der Waals surface area contributed by atoms with Gasteiger partial charge in [0, 0.05) is 32.2 Å². The minimum Gasteiger partial charge on any atom is -0.338 e. The van der Waals surface area contributed by atoms with E-state index >= 15 is 0 Å². The molecule has 1 unspecified atom stereocenters. The molecule has 2 aliphatic rings. The van der Waals surface area contributed by atoms with E-state index in [1.54, 1.807) is 16.7 Å². The van der Waals surface area contributed by atoms with Crippen molar-refractivity contribution in [3.05, 3.63) is 0 Å². The fraction of sp³-hybridized carbons (Fsp3) is 0.857. The quantitative estimate of drug-likeness (QED) is 0.791. The standard InChI is InChI=1S/C14H24ClN3O2/c1-11(15)13(19)17-7-9-18(10-8-17)14(20)16-12-5-3-2-4-6-12/h11-12H,2-10H2,1H3,(H,16,20). The van der Waals surface area contributed by atoms with Crippen molar-refractivity contribution in [1.29, 1.82) is 0 Å². The van der Waals surface area contributed by atoms with Crippen LogP contribution in [-0.2, 0) is 4.79 Å². The highest BCUT2D eigenvalue weighted by atomic mass is 35.5. The molecule has 1 saturated heterocycles. The minimum atomic E-state index is -0.488. The van der Waals surface area contributed by atoms with E-state index in [9.17, 15) is 9.59 Å². The molecule has 6 heteroatoms. The molecule has 1 heterocycles. The zero-order chi connectivity index (χ0) is 14.5. The maximum absolute atomic E-state index is 12.2. The molecule has 2 rings (SSSR count). The molecule has 2 fully saturated rings. The van der Waals surface area contributed by atoms with Gasteiger partial charge in [0.05, 0.1) is 0 Å². The van der Waals surface area contributed by atoms with E-state index in [1.807, 2.05) is 0 Å². The first-order valence-corrected chi connectivity index (χ1v) is 8.00. The molecule has 1 aliphatic heterocycles. The minimum absolute atomic E-state index is 0.0166. The molecule has 20 heavy (non-hydrogen) atoms. The molecule has 0 bridgehead atoms. The number of nitrogens with zero attached hydrogens (tertiary/aromatic N) is 2. The van der Waals surface area contributed by atoms with Crippen molar-refractivity contribution < 1.29 is 9.59 Å². The summed E-state index contributed by atoms with van der Waals surface area (Å²) in [4.78, 5) is 27.5. The Hall–Kier alpha value is -0.970. The van der Waals surface area contributed by atoms with Crippen LogP contribution in [0.1, 0.15) is 39.0 Å². The number of hydrogen-bond acceptors (Lipinski definition) is 2. The number of carbonyl (C=O) groups is 2. The van der Waals surface area contributed by atoms with Crippen LogP contribution in [0.25, 0.3) is 0 Å². The molecule has 1 N–H and O–H groups in total. The zero-order valence-corrected chi connectivity index (χ0v) is 12.9. The molecule has 0 aromatic rings. The van der Waals surface area contributed by atoms with Gasteiger partial charge < -0.3 is 15.1 Å². The van der Waals surface area contributed by atoms with Crippen LogP contribution in [0.4, 0.5) is 4.79 Å². The molecule has 1 atom stereocenters. The Bertz CT molecular complexity index is 348. The molecule has 114 valence electrons. The Labute approximate surface area is 125 Å². The Morgan fingerprint density at radius 3 is 2.15 bits per heavy atom. The van der Waals surface area contributed by atoms with Gasteiger partial charge >= 0.3 is 6.03 Å². The lowest BCUT2D eigenvalue weighted by atomic mass is 9.96. The topological polar surface area (TPSA) is 52.7 Å². The average molecular weight is 302 g/mol. The van der Waals surface area contributed by atoms with E-state index in [-0.39, 0.29) is 11.9 Å². The number of amides is 3. The van der Waals surface area contributed by atoms with Gasteiger partial charge in [-0.15, -0.1) is 11.6 Å². The van der Waals surface area contributed by atoms with Crippen LogP contribution in [0.15, 0.2) is 0 Å². The Kier molecular flexibility index (Phi) is 5.52. The lowest BCUT2D eigenvalue weighted by Gasteiger charge is -2.36. The first kappa shape index (κ1) is 15.4. The largest absolute Gasteiger partial charge is 0.338 e. The summed E-state index contributed by atoms with van der Waals surface area (Å²) in [5.41, 5.74) is 0. The van der Waals surface area contributed by atoms with Crippen molar-refractivity contribution in [3.8, 4) is 0 Å². The third-order valence-corrected chi connectivity index (χ3v) is 4.34. The maximum atomic E-state index is 12.2. The molecular weight excluding hydrogens is 278 g/mol. The Balaban J connectivity index is 1.75. The van der Waals surface area contributed by atoms with Crippen LogP contribution in [0.3, 0.4) is 0 Å². The second-order valence-corrected chi connectivity index (χ2v) is 6.37. The van der Waals surface area contributed by atoms with Gasteiger partial charge in [0.25, 0.3) is 0 Å². The van der Waals surface area contributed by atoms with Gasteiger partial charge in [0.1, 0.15) is 5.38 Å². The number of piperazine rings is 1. The molecular formula is C14H24ClN3O2. The van der Waals surface area contributed by atoms with Crippen molar-refractivity contribution in [2.45, 2.75) is 50.4 Å². The lowest BCUT2D eigenvalue weighted by Crippen LogP contribution is -2.55. The predicted molar refractivity (Wildman–Crippen MR) is 78.9 cm³/mol. The van der Waals surface area contributed by atoms with Crippen LogP contribution in [0.2, 0.25) is 0 Å². The van der Waals surface area contributed by atoms with Crippen molar-refractivity contribution in [3.63, 3.8) is 0 Å². The number of hydrogen-bond donors (Lipinski definition) is 1. The van der Waals surface area contributed by atoms with Crippen LogP contribution in [-0.4, -0.2) is 59.3 Å². The zero-order valence-electron chi connectivity index (χ0n) is 12.1. The SMILES string of the molecule is CC(Cl)C(=O)N1CCN(C(=O)NC2CCCCC2)CC1. The summed E-state index contributed by atoms with van der Waals surface area (Å²) in [5.74, 6) is -0.0426. The van der Waals surface area contributed by atoms with Crippen LogP contribution < -0.4 is 5.32 Å². The van der Waals surface area contributed by atoms with Gasteiger partial charge in [-0.1, -0.05) is 19.3 Å². The third-order valence-electron chi connectivity index (χ3n) is 4.15. The summed E-state index contributed by atoms with van der Waals surface area (Å²) in [6.07, 6.45) is 5.88. The van der Waals surface area contributed by atoms with Gasteiger partial charge in [0.2, 0.25) is 5.91 Å². The van der Waals surface area contributed by atoms with Crippen LogP contribution in [0.5, 0.6) is 0 Å². The highest BCUT2D eigenvalue weighted by Crippen LogP contribution is 2.17. The van der Waals surface area contributed by atoms with Crippen LogP contribution in [0, 0.1) is 0 Å². The van der Waals surface area contributed by atoms with Crippen molar-refractivity contribution in [1.82, 2.24) is 15.1 Å². The molecule has 0 spiro atoms. The van der Waals surface area contributed by atoms with E-state index in [0.717, 1.165) is 12.8 Å². The van der Waals surface area contributed by atoms with E-state index in [1.165, 1.54) is 19.3 Å². The van der Waals surface area contributed by atoms with E-state index in [2.05, 4.69) is 5.32 Å². The van der Waals surface area contributed by atoms with E-state index < -0.39 is 5.38 Å². The van der Waals surface area contributed by atoms with Crippen molar-refractivity contribution in [2.24, 2.45) is 0 Å². The summed E-state index contributed by atoms with van der Waals surface area (Å²) in [6.45, 7) is 4.02. The second kappa shape index (κ2) is 7.16. The average Bonchev–Trinajstić information content (AvgIpc) is 2.47. The van der Waals surface area contributed by atoms with Gasteiger partial charge in [0.15, 0.2) is 0 Å². The smallest absolute Gasteiger partial charge is 0.317 e. The summed E-state index contributed by atoms with van der Waals surface area (Å²) in [5, 5.41) is 2.62. The summed E-state index contributed by atoms with van der Waals surface area (Å²) < 4.78 is 0. The van der Waals surface area contributed by atoms with E-state index in [0.29, 0.717) is 32.2 Å². The van der Waals surface area contributed by atoms with Gasteiger partial charge in [-0.05, 0) is 19.8 Å². The van der Waals surface area contributed by atoms with Crippen LogP contribution >= 0.6 is 11.6 Å². The third kappa shape index (κ3) is 4.01. The number of halogens is 1. The molecule has 0 radical (unpaired) electrons. The number of nitrogens with one attached hydrogen (secondary N) is 1. The van der Waals surface area contributed by atoms with Gasteiger partial charge in [-0.3, -0.25) is 4.79 Å². The number of rotatable bonds is 2. The van der Waals surface area contributed by atoms with Gasteiger partial charge in [-0.2, -0.15) is 0 Å². The molecule has 3 amide bonds. The van der Waals surface area contributed by atoms with Crippen molar-refractivity contribution in [2.75, 3.05) is 26.2 Å². The molecule has 1 saturated carbocycles. The summed E-state index contributed by atoms with van der Waals surface area (Å²) in [7, 11) is 0. The number of carbonyl (C=O) groups excluding carboxylic acids is 2. The second-order valence-electron chi connectivity index (χ2n) is 5.71. The highest BCUT2D eigenvalue weighted by molar-refractivity contribution is 6.30. The predicted octanol–water partition coefficient (Wildman–Crippen LogP) is 1.80. The lowest BCUT2D eigenvalue weighted by molar-refractivity contribution is -0.131. The monoisotopic (exact) mass is 301 g/mol. The Morgan fingerprint density at radius 2 is 1.60 bits per heavy atom. The Morgan fingerprint density at radius 1 is 1.05 bits per heavy atom. The normalized spacial score (nSPS) is 22.5. The summed E-state index contributed by atoms with van der Waals surface area (Å²) >= 11 is 5.81. The van der Waals surface area contributed by atoms with Crippen molar-refractivity contribution >= 4 is 23.5 Å². The molecule has 0 aromatic carbocycles. The molecule has 1 aliphatic carbocycles. The first-order chi connectivity index (χ1) is 9.58. The maximum Gasteiger partial charge on any atom is 0.317 e. The number of urea groups is 1. The molecule has 0 aromatic heterocycles.